The predicted molar refractivity (Wildman–Crippen MR) is 54.5 cm³/mol. The third-order valence-electron chi connectivity index (χ3n) is 1.74. The highest BCUT2D eigenvalue weighted by Crippen LogP contribution is 2.01. The first-order valence-electron chi connectivity index (χ1n) is 4.28. The van der Waals surface area contributed by atoms with Gasteiger partial charge in [-0.25, -0.2) is 0 Å². The predicted octanol–water partition coefficient (Wildman–Crippen LogP) is 0.886. The third-order valence-corrected chi connectivity index (χ3v) is 1.74. The van der Waals surface area contributed by atoms with Crippen LogP contribution in [0.1, 0.15) is 11.4 Å². The van der Waals surface area contributed by atoms with Crippen LogP contribution in [0.3, 0.4) is 0 Å². The van der Waals surface area contributed by atoms with E-state index in [4.69, 9.17) is 0 Å². The molecule has 0 N–H and O–H groups in total. The van der Waals surface area contributed by atoms with Gasteiger partial charge in [0.25, 0.3) is 0 Å². The monoisotopic (exact) mass is 191 g/mol. The van der Waals surface area contributed by atoms with Crippen LogP contribution in [0.15, 0.2) is 18.5 Å². The summed E-state index contributed by atoms with van der Waals surface area (Å²) in [6, 6.07) is 0. The topological polar surface area (TPSA) is 46.1 Å². The number of aryl methyl sites for hydroxylation is 1. The first kappa shape index (κ1) is 10.4. The lowest BCUT2D eigenvalue weighted by atomic mass is 10.3. The summed E-state index contributed by atoms with van der Waals surface area (Å²) in [4.78, 5) is 20.9. The molecule has 0 fully saturated rings. The summed E-state index contributed by atoms with van der Waals surface area (Å²) in [5.74, 6) is -0.0601. The molecule has 0 aliphatic carbocycles. The number of nitrogens with zero attached hydrogens (tertiary/aromatic N) is 3. The Hall–Kier alpha value is -1.71. The van der Waals surface area contributed by atoms with Crippen molar-refractivity contribution in [3.63, 3.8) is 0 Å². The minimum absolute atomic E-state index is 0.0601. The van der Waals surface area contributed by atoms with E-state index in [0.29, 0.717) is 0 Å². The van der Waals surface area contributed by atoms with E-state index >= 15 is 0 Å². The molecule has 74 valence electrons. The average Bonchev–Trinajstić information content (AvgIpc) is 2.16. The Morgan fingerprint density at radius 3 is 2.57 bits per heavy atom. The highest BCUT2D eigenvalue weighted by molar-refractivity contribution is 5.91. The van der Waals surface area contributed by atoms with E-state index in [1.54, 1.807) is 32.6 Å². The maximum atomic E-state index is 11.2. The third kappa shape index (κ3) is 2.65. The van der Waals surface area contributed by atoms with Crippen molar-refractivity contribution >= 4 is 12.0 Å². The number of carbonyl (C=O) groups is 1. The van der Waals surface area contributed by atoms with Crippen molar-refractivity contribution in [2.45, 2.75) is 6.92 Å². The van der Waals surface area contributed by atoms with Gasteiger partial charge in [0.15, 0.2) is 0 Å². The van der Waals surface area contributed by atoms with Gasteiger partial charge in [-0.1, -0.05) is 0 Å². The van der Waals surface area contributed by atoms with E-state index in [2.05, 4.69) is 9.97 Å². The summed E-state index contributed by atoms with van der Waals surface area (Å²) in [5, 5.41) is 0. The summed E-state index contributed by atoms with van der Waals surface area (Å²) in [7, 11) is 3.41. The van der Waals surface area contributed by atoms with Gasteiger partial charge in [0.1, 0.15) is 0 Å². The van der Waals surface area contributed by atoms with Crippen LogP contribution in [0.4, 0.5) is 0 Å². The number of amides is 1. The van der Waals surface area contributed by atoms with Gasteiger partial charge in [0.2, 0.25) is 5.91 Å². The van der Waals surface area contributed by atoms with Crippen molar-refractivity contribution in [1.29, 1.82) is 0 Å². The minimum atomic E-state index is -0.0601. The van der Waals surface area contributed by atoms with E-state index in [9.17, 15) is 4.79 Å². The Labute approximate surface area is 83.3 Å². The first-order valence-corrected chi connectivity index (χ1v) is 4.28. The van der Waals surface area contributed by atoms with Gasteiger partial charge in [-0.05, 0) is 13.0 Å². The molecule has 1 amide bonds. The standard InChI is InChI=1S/C10H13N3O/c1-8-9(12-7-6-11-8)4-5-10(14)13(2)3/h4-7H,1-3H3. The zero-order chi connectivity index (χ0) is 10.6. The van der Waals surface area contributed by atoms with E-state index in [-0.39, 0.29) is 5.91 Å². The molecule has 0 unspecified atom stereocenters. The number of aromatic nitrogens is 2. The number of hydrogen-bond acceptors (Lipinski definition) is 3. The molecule has 14 heavy (non-hydrogen) atoms. The van der Waals surface area contributed by atoms with Crippen molar-refractivity contribution in [1.82, 2.24) is 14.9 Å². The Morgan fingerprint density at radius 1 is 1.36 bits per heavy atom. The zero-order valence-electron chi connectivity index (χ0n) is 8.56. The second kappa shape index (κ2) is 4.50. The van der Waals surface area contributed by atoms with Crippen molar-refractivity contribution in [2.75, 3.05) is 14.1 Å². The molecule has 1 rings (SSSR count). The Kier molecular flexibility index (Phi) is 3.34. The van der Waals surface area contributed by atoms with Crippen molar-refractivity contribution in [3.8, 4) is 0 Å². The van der Waals surface area contributed by atoms with Gasteiger partial charge in [-0.2, -0.15) is 0 Å². The van der Waals surface area contributed by atoms with Gasteiger partial charge in [0, 0.05) is 32.6 Å². The lowest BCUT2D eigenvalue weighted by Crippen LogP contribution is -2.18. The second-order valence-electron chi connectivity index (χ2n) is 3.09. The Bertz CT molecular complexity index is 358. The molecule has 1 aromatic heterocycles. The van der Waals surface area contributed by atoms with Crippen molar-refractivity contribution < 1.29 is 4.79 Å². The number of likely N-dealkylation sites (N-methyl/N-ethyl adjacent to an activating group) is 1. The molecule has 0 saturated heterocycles. The first-order chi connectivity index (χ1) is 6.61. The van der Waals surface area contributed by atoms with Crippen LogP contribution in [0.5, 0.6) is 0 Å². The average molecular weight is 191 g/mol. The van der Waals surface area contributed by atoms with E-state index in [1.165, 1.54) is 11.0 Å². The molecule has 1 heterocycles. The van der Waals surface area contributed by atoms with Crippen molar-refractivity contribution in [2.24, 2.45) is 0 Å². The summed E-state index contributed by atoms with van der Waals surface area (Å²) in [5.41, 5.74) is 1.54. The molecular weight excluding hydrogens is 178 g/mol. The minimum Gasteiger partial charge on any atom is -0.345 e. The van der Waals surface area contributed by atoms with Crippen LogP contribution in [-0.4, -0.2) is 34.9 Å². The molecule has 0 aromatic carbocycles. The Balaban J connectivity index is 2.79. The summed E-state index contributed by atoms with van der Waals surface area (Å²) >= 11 is 0. The normalized spacial score (nSPS) is 10.5. The second-order valence-corrected chi connectivity index (χ2v) is 3.09. The smallest absolute Gasteiger partial charge is 0.246 e. The molecule has 0 aliphatic heterocycles. The maximum Gasteiger partial charge on any atom is 0.246 e. The van der Waals surface area contributed by atoms with Crippen LogP contribution < -0.4 is 0 Å². The van der Waals surface area contributed by atoms with Crippen LogP contribution in [0, 0.1) is 6.92 Å². The maximum absolute atomic E-state index is 11.2. The van der Waals surface area contributed by atoms with Gasteiger partial charge < -0.3 is 4.90 Å². The molecule has 0 saturated carbocycles. The van der Waals surface area contributed by atoms with E-state index in [0.717, 1.165) is 11.4 Å². The highest BCUT2D eigenvalue weighted by Gasteiger charge is 1.99. The van der Waals surface area contributed by atoms with Crippen LogP contribution >= 0.6 is 0 Å². The van der Waals surface area contributed by atoms with Gasteiger partial charge in [-0.15, -0.1) is 0 Å². The number of hydrogen-bond donors (Lipinski definition) is 0. The highest BCUT2D eigenvalue weighted by atomic mass is 16.2. The number of carbonyl (C=O) groups excluding carboxylic acids is 1. The van der Waals surface area contributed by atoms with Crippen LogP contribution in [0.25, 0.3) is 6.08 Å². The summed E-state index contributed by atoms with van der Waals surface area (Å²) in [6.07, 6.45) is 6.38. The fraction of sp³-hybridized carbons (Fsp3) is 0.300. The van der Waals surface area contributed by atoms with Crippen molar-refractivity contribution in [3.05, 3.63) is 29.9 Å². The van der Waals surface area contributed by atoms with Crippen LogP contribution in [0.2, 0.25) is 0 Å². The van der Waals surface area contributed by atoms with Gasteiger partial charge in [-0.3, -0.25) is 14.8 Å². The van der Waals surface area contributed by atoms with Gasteiger partial charge in [0.05, 0.1) is 11.4 Å². The SMILES string of the molecule is Cc1nccnc1C=CC(=O)N(C)C. The summed E-state index contributed by atoms with van der Waals surface area (Å²) < 4.78 is 0. The zero-order valence-corrected chi connectivity index (χ0v) is 8.56. The fourth-order valence-corrected chi connectivity index (χ4v) is 0.881. The molecule has 4 heteroatoms. The van der Waals surface area contributed by atoms with Crippen LogP contribution in [-0.2, 0) is 4.79 Å². The Morgan fingerprint density at radius 2 is 2.00 bits per heavy atom. The fourth-order valence-electron chi connectivity index (χ4n) is 0.881. The molecule has 0 atom stereocenters. The van der Waals surface area contributed by atoms with E-state index < -0.39 is 0 Å². The van der Waals surface area contributed by atoms with E-state index in [1.807, 2.05) is 6.92 Å². The lowest BCUT2D eigenvalue weighted by molar-refractivity contribution is -0.123. The quantitative estimate of drug-likeness (QED) is 0.652. The summed E-state index contributed by atoms with van der Waals surface area (Å²) in [6.45, 7) is 1.85. The largest absolute Gasteiger partial charge is 0.345 e. The molecule has 0 bridgehead atoms. The molecule has 0 aliphatic rings. The molecule has 1 aromatic rings. The molecule has 4 nitrogen and oxygen atoms in total. The lowest BCUT2D eigenvalue weighted by Gasteiger charge is -2.05. The molecule has 0 radical (unpaired) electrons. The van der Waals surface area contributed by atoms with Gasteiger partial charge >= 0.3 is 0 Å². The number of rotatable bonds is 2. The molecule has 0 spiro atoms. The molecular formula is C10H13N3O.